The molecule has 108 valence electrons. The highest BCUT2D eigenvalue weighted by Gasteiger charge is 2.06. The van der Waals surface area contributed by atoms with Crippen LogP contribution in [0.25, 0.3) is 0 Å². The molecule has 0 spiro atoms. The van der Waals surface area contributed by atoms with Gasteiger partial charge in [-0.1, -0.05) is 19.1 Å². The Morgan fingerprint density at radius 1 is 0.952 bits per heavy atom. The molecular weight excluding hydrogens is 274 g/mol. The van der Waals surface area contributed by atoms with E-state index in [4.69, 9.17) is 0 Å². The Hall–Kier alpha value is -2.56. The molecular formula is C16H14F2N2O. The Bertz CT molecular complexity index is 649. The van der Waals surface area contributed by atoms with E-state index in [-0.39, 0.29) is 5.82 Å². The van der Waals surface area contributed by atoms with E-state index in [0.717, 1.165) is 5.56 Å². The van der Waals surface area contributed by atoms with Gasteiger partial charge in [0.2, 0.25) is 0 Å². The lowest BCUT2D eigenvalue weighted by molar-refractivity contribution is 0.0954. The van der Waals surface area contributed by atoms with E-state index in [2.05, 4.69) is 10.5 Å². The molecule has 0 aliphatic carbocycles. The largest absolute Gasteiger partial charge is 0.271 e. The first kappa shape index (κ1) is 14.8. The van der Waals surface area contributed by atoms with Crippen LogP contribution in [0.1, 0.15) is 29.3 Å². The predicted octanol–water partition coefficient (Wildman–Crippen LogP) is 3.51. The fraction of sp³-hybridized carbons (Fsp3) is 0.125. The van der Waals surface area contributed by atoms with Gasteiger partial charge in [0.1, 0.15) is 11.6 Å². The Kier molecular flexibility index (Phi) is 4.77. The van der Waals surface area contributed by atoms with E-state index in [1.807, 2.05) is 6.92 Å². The number of nitrogens with zero attached hydrogens (tertiary/aromatic N) is 1. The zero-order valence-corrected chi connectivity index (χ0v) is 11.4. The number of carbonyl (C=O) groups is 1. The first-order chi connectivity index (χ1) is 10.1. The van der Waals surface area contributed by atoms with Crippen molar-refractivity contribution in [2.75, 3.05) is 0 Å². The van der Waals surface area contributed by atoms with Gasteiger partial charge >= 0.3 is 0 Å². The monoisotopic (exact) mass is 288 g/mol. The second-order valence-electron chi connectivity index (χ2n) is 4.37. The molecule has 21 heavy (non-hydrogen) atoms. The van der Waals surface area contributed by atoms with E-state index in [9.17, 15) is 13.6 Å². The molecule has 5 heteroatoms. The Morgan fingerprint density at radius 3 is 1.90 bits per heavy atom. The second kappa shape index (κ2) is 6.74. The molecule has 1 N–H and O–H groups in total. The van der Waals surface area contributed by atoms with Crippen molar-refractivity contribution in [3.8, 4) is 0 Å². The van der Waals surface area contributed by atoms with Gasteiger partial charge in [0.05, 0.1) is 5.71 Å². The number of hydrazone groups is 1. The molecule has 2 aromatic rings. The maximum Gasteiger partial charge on any atom is 0.271 e. The van der Waals surface area contributed by atoms with Gasteiger partial charge in [-0.2, -0.15) is 5.10 Å². The quantitative estimate of drug-likeness (QED) is 0.679. The number of hydrogen-bond acceptors (Lipinski definition) is 2. The molecule has 0 radical (unpaired) electrons. The summed E-state index contributed by atoms with van der Waals surface area (Å²) in [7, 11) is 0. The van der Waals surface area contributed by atoms with Gasteiger partial charge in [-0.05, 0) is 48.4 Å². The number of amides is 1. The highest BCUT2D eigenvalue weighted by atomic mass is 19.1. The number of nitrogens with one attached hydrogen (secondary N) is 1. The van der Waals surface area contributed by atoms with Gasteiger partial charge in [-0.25, -0.2) is 14.2 Å². The summed E-state index contributed by atoms with van der Waals surface area (Å²) < 4.78 is 25.7. The van der Waals surface area contributed by atoms with Gasteiger partial charge in [-0.15, -0.1) is 0 Å². The van der Waals surface area contributed by atoms with Gasteiger partial charge in [-0.3, -0.25) is 4.79 Å². The van der Waals surface area contributed by atoms with Crippen LogP contribution in [0.2, 0.25) is 0 Å². The lowest BCUT2D eigenvalue weighted by Gasteiger charge is -2.05. The number of halogens is 2. The van der Waals surface area contributed by atoms with Crippen LogP contribution in [0.4, 0.5) is 8.78 Å². The Balaban J connectivity index is 2.12. The minimum absolute atomic E-state index is 0.315. The highest BCUT2D eigenvalue weighted by molar-refractivity contribution is 6.02. The summed E-state index contributed by atoms with van der Waals surface area (Å²) in [6, 6.07) is 11.0. The first-order valence-electron chi connectivity index (χ1n) is 6.48. The average Bonchev–Trinajstić information content (AvgIpc) is 2.50. The number of rotatable bonds is 4. The number of carbonyl (C=O) groups excluding carboxylic acids is 1. The zero-order chi connectivity index (χ0) is 15.2. The molecule has 2 rings (SSSR count). The third-order valence-electron chi connectivity index (χ3n) is 2.91. The van der Waals surface area contributed by atoms with Crippen LogP contribution in [0.15, 0.2) is 53.6 Å². The second-order valence-corrected chi connectivity index (χ2v) is 4.37. The van der Waals surface area contributed by atoms with Crippen LogP contribution in [-0.2, 0) is 0 Å². The smallest absolute Gasteiger partial charge is 0.267 e. The summed E-state index contributed by atoms with van der Waals surface area (Å²) in [6.07, 6.45) is 0.579. The minimum Gasteiger partial charge on any atom is -0.267 e. The van der Waals surface area contributed by atoms with Crippen LogP contribution in [0, 0.1) is 11.6 Å². The normalized spacial score (nSPS) is 11.3. The lowest BCUT2D eigenvalue weighted by atomic mass is 10.1. The van der Waals surface area contributed by atoms with Crippen LogP contribution < -0.4 is 5.43 Å². The molecule has 3 nitrogen and oxygen atoms in total. The van der Waals surface area contributed by atoms with Crippen molar-refractivity contribution in [1.82, 2.24) is 5.43 Å². The summed E-state index contributed by atoms with van der Waals surface area (Å²) >= 11 is 0. The maximum atomic E-state index is 12.9. The molecule has 0 unspecified atom stereocenters. The molecule has 0 saturated heterocycles. The van der Waals surface area contributed by atoms with Crippen molar-refractivity contribution in [2.45, 2.75) is 13.3 Å². The number of benzene rings is 2. The highest BCUT2D eigenvalue weighted by Crippen LogP contribution is 2.07. The Morgan fingerprint density at radius 2 is 1.43 bits per heavy atom. The van der Waals surface area contributed by atoms with E-state index in [1.54, 1.807) is 12.1 Å². The zero-order valence-electron chi connectivity index (χ0n) is 11.4. The summed E-state index contributed by atoms with van der Waals surface area (Å²) in [5.41, 5.74) is 4.09. The fourth-order valence-electron chi connectivity index (χ4n) is 1.77. The van der Waals surface area contributed by atoms with Crippen molar-refractivity contribution in [3.63, 3.8) is 0 Å². The molecule has 0 atom stereocenters. The molecule has 0 saturated carbocycles. The summed E-state index contributed by atoms with van der Waals surface area (Å²) in [5, 5.41) is 4.04. The van der Waals surface area contributed by atoms with E-state index < -0.39 is 11.7 Å². The van der Waals surface area contributed by atoms with Gasteiger partial charge in [0, 0.05) is 5.56 Å². The molecule has 0 aromatic heterocycles. The predicted molar refractivity (Wildman–Crippen MR) is 77.1 cm³/mol. The van der Waals surface area contributed by atoms with E-state index in [1.165, 1.54) is 36.4 Å². The van der Waals surface area contributed by atoms with Gasteiger partial charge in [0.25, 0.3) is 5.91 Å². The molecule has 0 bridgehead atoms. The topological polar surface area (TPSA) is 41.5 Å². The summed E-state index contributed by atoms with van der Waals surface area (Å²) in [4.78, 5) is 11.9. The van der Waals surface area contributed by atoms with Crippen molar-refractivity contribution < 1.29 is 13.6 Å². The summed E-state index contributed by atoms with van der Waals surface area (Å²) in [5.74, 6) is -1.16. The van der Waals surface area contributed by atoms with Crippen LogP contribution >= 0.6 is 0 Å². The SMILES string of the molecule is CC/C(=N\NC(=O)c1ccc(F)cc1)c1ccc(F)cc1. The average molecular weight is 288 g/mol. The van der Waals surface area contributed by atoms with Crippen LogP contribution in [-0.4, -0.2) is 11.6 Å². The van der Waals surface area contributed by atoms with Crippen LogP contribution in [0.5, 0.6) is 0 Å². The van der Waals surface area contributed by atoms with Crippen molar-refractivity contribution in [2.24, 2.45) is 5.10 Å². The van der Waals surface area contributed by atoms with E-state index >= 15 is 0 Å². The fourth-order valence-corrected chi connectivity index (χ4v) is 1.77. The third-order valence-corrected chi connectivity index (χ3v) is 2.91. The summed E-state index contributed by atoms with van der Waals surface area (Å²) in [6.45, 7) is 1.88. The van der Waals surface area contributed by atoms with Crippen molar-refractivity contribution in [3.05, 3.63) is 71.3 Å². The molecule has 2 aromatic carbocycles. The standard InChI is InChI=1S/C16H14F2N2O/c1-2-15(11-3-7-13(17)8-4-11)19-20-16(21)12-5-9-14(18)10-6-12/h3-10H,2H2,1H3,(H,20,21)/b19-15+. The van der Waals surface area contributed by atoms with E-state index in [0.29, 0.717) is 17.7 Å². The first-order valence-corrected chi connectivity index (χ1v) is 6.48. The molecule has 0 aliphatic heterocycles. The van der Waals surface area contributed by atoms with Gasteiger partial charge < -0.3 is 0 Å². The van der Waals surface area contributed by atoms with Crippen LogP contribution in [0.3, 0.4) is 0 Å². The molecule has 1 amide bonds. The maximum absolute atomic E-state index is 12.9. The third kappa shape index (κ3) is 3.95. The molecule has 0 heterocycles. The Labute approximate surface area is 121 Å². The minimum atomic E-state index is -0.428. The lowest BCUT2D eigenvalue weighted by Crippen LogP contribution is -2.20. The van der Waals surface area contributed by atoms with Crippen molar-refractivity contribution >= 4 is 11.6 Å². The molecule has 0 fully saturated rings. The molecule has 0 aliphatic rings. The van der Waals surface area contributed by atoms with Gasteiger partial charge in [0.15, 0.2) is 0 Å². The van der Waals surface area contributed by atoms with Crippen molar-refractivity contribution in [1.29, 1.82) is 0 Å². The number of hydrogen-bond donors (Lipinski definition) is 1.